The second kappa shape index (κ2) is 6.25. The van der Waals surface area contributed by atoms with Crippen molar-refractivity contribution in [2.45, 2.75) is 18.7 Å². The Morgan fingerprint density at radius 1 is 1.36 bits per heavy atom. The fourth-order valence-electron chi connectivity index (χ4n) is 2.07. The molecule has 0 radical (unpaired) electrons. The number of sulfonamides is 1. The predicted molar refractivity (Wildman–Crippen MR) is 83.3 cm³/mol. The average Bonchev–Trinajstić information content (AvgIpc) is 2.83. The maximum atomic E-state index is 12.6. The lowest BCUT2D eigenvalue weighted by Gasteiger charge is -2.10. The normalized spacial score (nSPS) is 11.4. The molecule has 22 heavy (non-hydrogen) atoms. The second-order valence-electron chi connectivity index (χ2n) is 4.78. The van der Waals surface area contributed by atoms with E-state index < -0.39 is 15.9 Å². The van der Waals surface area contributed by atoms with Crippen LogP contribution >= 0.6 is 0 Å². The second-order valence-corrected chi connectivity index (χ2v) is 6.52. The van der Waals surface area contributed by atoms with E-state index in [1.54, 1.807) is 32.0 Å². The van der Waals surface area contributed by atoms with E-state index in [0.29, 0.717) is 11.4 Å². The van der Waals surface area contributed by atoms with Crippen LogP contribution in [0.15, 0.2) is 47.9 Å². The van der Waals surface area contributed by atoms with Crippen molar-refractivity contribution in [2.75, 3.05) is 6.54 Å². The van der Waals surface area contributed by atoms with Crippen molar-refractivity contribution in [3.8, 4) is 0 Å². The van der Waals surface area contributed by atoms with Crippen LogP contribution in [-0.4, -0.2) is 30.7 Å². The van der Waals surface area contributed by atoms with Gasteiger partial charge in [-0.05, 0) is 32.0 Å². The van der Waals surface area contributed by atoms with Crippen molar-refractivity contribution < 1.29 is 13.2 Å². The van der Waals surface area contributed by atoms with Crippen LogP contribution in [0.2, 0.25) is 0 Å². The monoisotopic (exact) mass is 319 g/mol. The minimum absolute atomic E-state index is 0.0743. The number of rotatable bonds is 5. The van der Waals surface area contributed by atoms with Crippen LogP contribution in [0.1, 0.15) is 21.7 Å². The average molecular weight is 319 g/mol. The zero-order valence-electron chi connectivity index (χ0n) is 12.4. The third-order valence-electron chi connectivity index (χ3n) is 3.03. The molecule has 116 valence electrons. The number of carbonyl (C=O) groups is 1. The van der Waals surface area contributed by atoms with Crippen LogP contribution in [-0.2, 0) is 10.0 Å². The maximum absolute atomic E-state index is 12.6. The standard InChI is InChI=1S/C15H17N3O3S/c1-4-9-16-22(20,21)14-8-6-5-7-13(14)15(19)18-12(3)10-11(2)17-18/h4-8,10,16H,1,9H2,2-3H3. The van der Waals surface area contributed by atoms with Crippen molar-refractivity contribution in [3.05, 3.63) is 59.9 Å². The van der Waals surface area contributed by atoms with E-state index in [1.807, 2.05) is 0 Å². The van der Waals surface area contributed by atoms with E-state index >= 15 is 0 Å². The molecule has 2 rings (SSSR count). The predicted octanol–water partition coefficient (Wildman–Crippen LogP) is 1.65. The van der Waals surface area contributed by atoms with Gasteiger partial charge in [-0.1, -0.05) is 18.2 Å². The summed E-state index contributed by atoms with van der Waals surface area (Å²) in [6.45, 7) is 7.07. The Kier molecular flexibility index (Phi) is 4.58. The lowest BCUT2D eigenvalue weighted by molar-refractivity contribution is 0.0939. The summed E-state index contributed by atoms with van der Waals surface area (Å²) in [5.41, 5.74) is 1.41. The van der Waals surface area contributed by atoms with Crippen LogP contribution in [0, 0.1) is 13.8 Å². The van der Waals surface area contributed by atoms with Crippen molar-refractivity contribution in [2.24, 2.45) is 0 Å². The number of nitrogens with one attached hydrogen (secondary N) is 1. The number of aromatic nitrogens is 2. The molecule has 0 saturated carbocycles. The van der Waals surface area contributed by atoms with Gasteiger partial charge in [0.05, 0.1) is 16.2 Å². The molecule has 0 bridgehead atoms. The first-order chi connectivity index (χ1) is 10.4. The first kappa shape index (κ1) is 16.1. The highest BCUT2D eigenvalue weighted by atomic mass is 32.2. The van der Waals surface area contributed by atoms with Gasteiger partial charge in [-0.25, -0.2) is 17.8 Å². The van der Waals surface area contributed by atoms with Crippen LogP contribution in [0.3, 0.4) is 0 Å². The zero-order chi connectivity index (χ0) is 16.3. The molecule has 6 nitrogen and oxygen atoms in total. The molecule has 0 aliphatic heterocycles. The van der Waals surface area contributed by atoms with Gasteiger partial charge < -0.3 is 0 Å². The molecule has 0 fully saturated rings. The molecule has 0 saturated heterocycles. The summed E-state index contributed by atoms with van der Waals surface area (Å²) < 4.78 is 28.2. The van der Waals surface area contributed by atoms with E-state index in [-0.39, 0.29) is 17.0 Å². The smallest absolute Gasteiger partial charge is 0.267 e. The summed E-state index contributed by atoms with van der Waals surface area (Å²) in [5, 5.41) is 4.11. The zero-order valence-corrected chi connectivity index (χ0v) is 13.2. The molecule has 0 spiro atoms. The van der Waals surface area contributed by atoms with Gasteiger partial charge >= 0.3 is 0 Å². The Hall–Kier alpha value is -2.25. The number of hydrogen-bond donors (Lipinski definition) is 1. The van der Waals surface area contributed by atoms with Gasteiger partial charge in [0.25, 0.3) is 5.91 Å². The Morgan fingerprint density at radius 3 is 2.64 bits per heavy atom. The minimum atomic E-state index is -3.80. The lowest BCUT2D eigenvalue weighted by Crippen LogP contribution is -2.27. The van der Waals surface area contributed by atoms with E-state index in [1.165, 1.54) is 22.9 Å². The van der Waals surface area contributed by atoms with Crippen LogP contribution in [0.5, 0.6) is 0 Å². The van der Waals surface area contributed by atoms with E-state index in [0.717, 1.165) is 0 Å². The summed E-state index contributed by atoms with van der Waals surface area (Å²) in [6, 6.07) is 7.81. The number of nitrogens with zero attached hydrogens (tertiary/aromatic N) is 2. The third kappa shape index (κ3) is 3.15. The van der Waals surface area contributed by atoms with Crippen LogP contribution < -0.4 is 4.72 Å². The summed E-state index contributed by atoms with van der Waals surface area (Å²) in [7, 11) is -3.80. The van der Waals surface area contributed by atoms with Crippen LogP contribution in [0.25, 0.3) is 0 Å². The highest BCUT2D eigenvalue weighted by molar-refractivity contribution is 7.89. The van der Waals surface area contributed by atoms with E-state index in [9.17, 15) is 13.2 Å². The van der Waals surface area contributed by atoms with Gasteiger partial charge in [0, 0.05) is 12.2 Å². The molecule has 7 heteroatoms. The summed E-state index contributed by atoms with van der Waals surface area (Å²) in [4.78, 5) is 12.5. The summed E-state index contributed by atoms with van der Waals surface area (Å²) in [5.74, 6) is -0.481. The minimum Gasteiger partial charge on any atom is -0.267 e. The van der Waals surface area contributed by atoms with E-state index in [4.69, 9.17) is 0 Å². The van der Waals surface area contributed by atoms with Crippen LogP contribution in [0.4, 0.5) is 0 Å². The topological polar surface area (TPSA) is 81.1 Å². The number of hydrogen-bond acceptors (Lipinski definition) is 4. The molecule has 1 aromatic heterocycles. The molecule has 1 heterocycles. The molecular weight excluding hydrogens is 302 g/mol. The molecule has 1 aromatic carbocycles. The Balaban J connectivity index is 2.51. The van der Waals surface area contributed by atoms with Crippen molar-refractivity contribution in [3.63, 3.8) is 0 Å². The van der Waals surface area contributed by atoms with Gasteiger partial charge in [-0.3, -0.25) is 4.79 Å². The van der Waals surface area contributed by atoms with Crippen molar-refractivity contribution in [1.29, 1.82) is 0 Å². The summed E-state index contributed by atoms with van der Waals surface area (Å²) >= 11 is 0. The highest BCUT2D eigenvalue weighted by Crippen LogP contribution is 2.17. The molecule has 1 N–H and O–H groups in total. The van der Waals surface area contributed by atoms with E-state index in [2.05, 4.69) is 16.4 Å². The van der Waals surface area contributed by atoms with Gasteiger partial charge in [0.15, 0.2) is 0 Å². The molecular formula is C15H17N3O3S. The lowest BCUT2D eigenvalue weighted by atomic mass is 10.2. The highest BCUT2D eigenvalue weighted by Gasteiger charge is 2.23. The fourth-order valence-corrected chi connectivity index (χ4v) is 3.27. The fraction of sp³-hybridized carbons (Fsp3) is 0.200. The van der Waals surface area contributed by atoms with Crippen molar-refractivity contribution >= 4 is 15.9 Å². The maximum Gasteiger partial charge on any atom is 0.279 e. The Morgan fingerprint density at radius 2 is 2.05 bits per heavy atom. The quantitative estimate of drug-likeness (QED) is 0.850. The largest absolute Gasteiger partial charge is 0.279 e. The summed E-state index contributed by atoms with van der Waals surface area (Å²) in [6.07, 6.45) is 1.43. The first-order valence-corrected chi connectivity index (χ1v) is 8.12. The molecule has 0 atom stereocenters. The van der Waals surface area contributed by atoms with Gasteiger partial charge in [0.2, 0.25) is 10.0 Å². The van der Waals surface area contributed by atoms with Gasteiger partial charge in [-0.2, -0.15) is 5.10 Å². The SMILES string of the molecule is C=CCNS(=O)(=O)c1ccccc1C(=O)n1nc(C)cc1C. The number of benzene rings is 1. The number of aryl methyl sites for hydroxylation is 2. The Bertz CT molecular complexity index is 822. The molecule has 0 aliphatic rings. The Labute approximate surface area is 129 Å². The molecule has 0 amide bonds. The molecule has 0 unspecified atom stereocenters. The third-order valence-corrected chi connectivity index (χ3v) is 4.51. The van der Waals surface area contributed by atoms with Gasteiger partial charge in [0.1, 0.15) is 0 Å². The molecule has 2 aromatic rings. The molecule has 0 aliphatic carbocycles. The van der Waals surface area contributed by atoms with Gasteiger partial charge in [-0.15, -0.1) is 6.58 Å². The van der Waals surface area contributed by atoms with Crippen molar-refractivity contribution in [1.82, 2.24) is 14.5 Å². The number of carbonyl (C=O) groups excluding carboxylic acids is 1. The first-order valence-electron chi connectivity index (χ1n) is 6.64.